The number of hydrogen-bond donors (Lipinski definition) is 2. The predicted octanol–water partition coefficient (Wildman–Crippen LogP) is -1.28. The molecule has 0 bridgehead atoms. The highest BCUT2D eigenvalue weighted by atomic mass is 35.5. The van der Waals surface area contributed by atoms with Crippen LogP contribution in [0.2, 0.25) is 0 Å². The molecule has 0 aromatic heterocycles. The van der Waals surface area contributed by atoms with Gasteiger partial charge in [0.2, 0.25) is 5.91 Å². The van der Waals surface area contributed by atoms with Gasteiger partial charge in [-0.05, 0) is 0 Å². The van der Waals surface area contributed by atoms with E-state index in [9.17, 15) is 9.59 Å². The monoisotopic (exact) mass is 232 g/mol. The van der Waals surface area contributed by atoms with Crippen molar-refractivity contribution in [3.8, 4) is 0 Å². The number of nitrogens with one attached hydrogen (secondary N) is 2. The zero-order valence-electron chi connectivity index (χ0n) is 8.15. The number of hydrazone groups is 1. The van der Waals surface area contributed by atoms with Gasteiger partial charge in [0.1, 0.15) is 5.71 Å². The molecule has 2 amide bonds. The van der Waals surface area contributed by atoms with E-state index in [-0.39, 0.29) is 30.6 Å². The lowest BCUT2D eigenvalue weighted by atomic mass is 10.2. The number of amides is 2. The molecular weight excluding hydrogens is 220 g/mol. The average Bonchev–Trinajstić information content (AvgIpc) is 2.65. The van der Waals surface area contributed by atoms with Crippen LogP contribution in [0, 0.1) is 0 Å². The number of carbonyl (C=O) groups is 2. The van der Waals surface area contributed by atoms with Gasteiger partial charge < -0.3 is 10.2 Å². The van der Waals surface area contributed by atoms with E-state index in [1.165, 1.54) is 0 Å². The van der Waals surface area contributed by atoms with E-state index in [1.54, 1.807) is 4.90 Å². The highest BCUT2D eigenvalue weighted by molar-refractivity contribution is 6.43. The van der Waals surface area contributed by atoms with Crippen LogP contribution in [0.1, 0.15) is 6.42 Å². The van der Waals surface area contributed by atoms with Crippen LogP contribution in [-0.2, 0) is 9.59 Å². The summed E-state index contributed by atoms with van der Waals surface area (Å²) in [6.07, 6.45) is 0.114. The number of rotatable bonds is 1. The SMILES string of the molecule is Cl.O=C1CC(C(=O)N2CCNCC2)=NN1. The molecule has 84 valence electrons. The Balaban J connectivity index is 0.00000112. The first kappa shape index (κ1) is 11.9. The molecule has 7 heteroatoms. The van der Waals surface area contributed by atoms with Gasteiger partial charge in [0.15, 0.2) is 0 Å². The Kier molecular flexibility index (Phi) is 4.05. The second-order valence-corrected chi connectivity index (χ2v) is 3.31. The van der Waals surface area contributed by atoms with Gasteiger partial charge in [0, 0.05) is 26.2 Å². The minimum absolute atomic E-state index is 0. The van der Waals surface area contributed by atoms with Gasteiger partial charge in [-0.2, -0.15) is 5.10 Å². The summed E-state index contributed by atoms with van der Waals surface area (Å²) in [6, 6.07) is 0. The summed E-state index contributed by atoms with van der Waals surface area (Å²) in [5.74, 6) is -0.326. The van der Waals surface area contributed by atoms with Crippen molar-refractivity contribution < 1.29 is 9.59 Å². The summed E-state index contributed by atoms with van der Waals surface area (Å²) >= 11 is 0. The van der Waals surface area contributed by atoms with Crippen molar-refractivity contribution in [1.29, 1.82) is 0 Å². The molecule has 2 aliphatic heterocycles. The van der Waals surface area contributed by atoms with Crippen molar-refractivity contribution in [3.63, 3.8) is 0 Å². The summed E-state index contributed by atoms with van der Waals surface area (Å²) in [6.45, 7) is 2.98. The average molecular weight is 233 g/mol. The molecule has 0 aromatic carbocycles. The van der Waals surface area contributed by atoms with E-state index in [1.807, 2.05) is 0 Å². The maximum absolute atomic E-state index is 11.7. The van der Waals surface area contributed by atoms with Crippen molar-refractivity contribution in [3.05, 3.63) is 0 Å². The maximum atomic E-state index is 11.7. The lowest BCUT2D eigenvalue weighted by Crippen LogP contribution is -2.48. The molecule has 0 atom stereocenters. The third kappa shape index (κ3) is 2.66. The largest absolute Gasteiger partial charge is 0.335 e. The first-order valence-electron chi connectivity index (χ1n) is 4.63. The molecule has 0 spiro atoms. The van der Waals surface area contributed by atoms with Gasteiger partial charge in [-0.3, -0.25) is 9.59 Å². The first-order valence-corrected chi connectivity index (χ1v) is 4.63. The first-order chi connectivity index (χ1) is 6.77. The van der Waals surface area contributed by atoms with Gasteiger partial charge in [0.05, 0.1) is 6.42 Å². The standard InChI is InChI=1S/C8H12N4O2.ClH/c13-7-5-6(10-11-7)8(14)12-3-1-9-2-4-12;/h9H,1-5H2,(H,11,13);1H. The molecule has 15 heavy (non-hydrogen) atoms. The number of hydrogen-bond acceptors (Lipinski definition) is 4. The number of piperazine rings is 1. The van der Waals surface area contributed by atoms with E-state index in [0.717, 1.165) is 13.1 Å². The minimum atomic E-state index is -0.205. The Morgan fingerprint density at radius 3 is 2.53 bits per heavy atom. The van der Waals surface area contributed by atoms with E-state index in [2.05, 4.69) is 15.8 Å². The van der Waals surface area contributed by atoms with Crippen molar-refractivity contribution in [2.75, 3.05) is 26.2 Å². The third-order valence-corrected chi connectivity index (χ3v) is 2.29. The number of halogens is 1. The van der Waals surface area contributed by atoms with Gasteiger partial charge >= 0.3 is 0 Å². The fourth-order valence-corrected chi connectivity index (χ4v) is 1.53. The molecule has 1 saturated heterocycles. The quantitative estimate of drug-likeness (QED) is 0.591. The van der Waals surface area contributed by atoms with Crippen LogP contribution < -0.4 is 10.7 Å². The fourth-order valence-electron chi connectivity index (χ4n) is 1.53. The molecule has 6 nitrogen and oxygen atoms in total. The van der Waals surface area contributed by atoms with E-state index < -0.39 is 0 Å². The van der Waals surface area contributed by atoms with E-state index >= 15 is 0 Å². The van der Waals surface area contributed by atoms with Crippen LogP contribution in [0.5, 0.6) is 0 Å². The molecule has 2 heterocycles. The summed E-state index contributed by atoms with van der Waals surface area (Å²) in [7, 11) is 0. The topological polar surface area (TPSA) is 73.8 Å². The summed E-state index contributed by atoms with van der Waals surface area (Å²) in [5.41, 5.74) is 2.61. The second kappa shape index (κ2) is 5.09. The number of carbonyl (C=O) groups excluding carboxylic acids is 2. The Morgan fingerprint density at radius 1 is 1.33 bits per heavy atom. The lowest BCUT2D eigenvalue weighted by Gasteiger charge is -2.26. The van der Waals surface area contributed by atoms with Gasteiger partial charge in [-0.15, -0.1) is 12.4 Å². The minimum Gasteiger partial charge on any atom is -0.335 e. The maximum Gasteiger partial charge on any atom is 0.270 e. The Morgan fingerprint density at radius 2 is 2.00 bits per heavy atom. The second-order valence-electron chi connectivity index (χ2n) is 3.31. The Hall–Kier alpha value is -1.14. The fraction of sp³-hybridized carbons (Fsp3) is 0.625. The predicted molar refractivity (Wildman–Crippen MR) is 56.9 cm³/mol. The highest BCUT2D eigenvalue weighted by Crippen LogP contribution is 2.02. The molecule has 0 aromatic rings. The van der Waals surface area contributed by atoms with Crippen LogP contribution in [0.3, 0.4) is 0 Å². The van der Waals surface area contributed by atoms with Crippen LogP contribution in [-0.4, -0.2) is 48.6 Å². The van der Waals surface area contributed by atoms with Crippen molar-refractivity contribution >= 4 is 29.9 Å². The molecule has 2 rings (SSSR count). The zero-order valence-corrected chi connectivity index (χ0v) is 8.97. The van der Waals surface area contributed by atoms with Gasteiger partial charge in [-0.1, -0.05) is 0 Å². The van der Waals surface area contributed by atoms with E-state index in [0.29, 0.717) is 18.8 Å². The Labute approximate surface area is 93.5 Å². The van der Waals surface area contributed by atoms with Crippen molar-refractivity contribution in [2.24, 2.45) is 5.10 Å². The normalized spacial score (nSPS) is 20.4. The number of nitrogens with zero attached hydrogens (tertiary/aromatic N) is 2. The summed E-state index contributed by atoms with van der Waals surface area (Å²) in [5, 5.41) is 6.85. The van der Waals surface area contributed by atoms with E-state index in [4.69, 9.17) is 0 Å². The van der Waals surface area contributed by atoms with Crippen molar-refractivity contribution in [2.45, 2.75) is 6.42 Å². The van der Waals surface area contributed by atoms with Crippen LogP contribution in [0.15, 0.2) is 5.10 Å². The molecule has 0 radical (unpaired) electrons. The molecule has 0 aliphatic carbocycles. The molecule has 2 N–H and O–H groups in total. The van der Waals surface area contributed by atoms with Crippen molar-refractivity contribution in [1.82, 2.24) is 15.6 Å². The van der Waals surface area contributed by atoms with Crippen LogP contribution >= 0.6 is 12.4 Å². The zero-order chi connectivity index (χ0) is 9.97. The third-order valence-electron chi connectivity index (χ3n) is 2.29. The summed E-state index contributed by atoms with van der Waals surface area (Å²) in [4.78, 5) is 24.3. The lowest BCUT2D eigenvalue weighted by molar-refractivity contribution is -0.125. The van der Waals surface area contributed by atoms with Crippen LogP contribution in [0.4, 0.5) is 0 Å². The highest BCUT2D eigenvalue weighted by Gasteiger charge is 2.26. The van der Waals surface area contributed by atoms with Gasteiger partial charge in [0.25, 0.3) is 5.91 Å². The van der Waals surface area contributed by atoms with Gasteiger partial charge in [-0.25, -0.2) is 5.43 Å². The molecule has 2 aliphatic rings. The van der Waals surface area contributed by atoms with Crippen LogP contribution in [0.25, 0.3) is 0 Å². The Bertz CT molecular complexity index is 299. The smallest absolute Gasteiger partial charge is 0.270 e. The summed E-state index contributed by atoms with van der Waals surface area (Å²) < 4.78 is 0. The molecule has 1 fully saturated rings. The molecule has 0 saturated carbocycles. The molecule has 0 unspecified atom stereocenters. The molecular formula is C8H13ClN4O2.